The molecule has 1 saturated heterocycles. The Balaban J connectivity index is 1.51. The lowest BCUT2D eigenvalue weighted by molar-refractivity contribution is -0.118. The molecule has 5 heteroatoms. The van der Waals surface area contributed by atoms with Crippen molar-refractivity contribution in [3.05, 3.63) is 100 Å². The van der Waals surface area contributed by atoms with E-state index >= 15 is 0 Å². The summed E-state index contributed by atoms with van der Waals surface area (Å²) in [5, 5.41) is 30.6. The third-order valence-corrected chi connectivity index (χ3v) is 9.54. The van der Waals surface area contributed by atoms with Gasteiger partial charge in [0.25, 0.3) is 0 Å². The van der Waals surface area contributed by atoms with Gasteiger partial charge >= 0.3 is 0 Å². The van der Waals surface area contributed by atoms with Crippen molar-refractivity contribution >= 4 is 5.78 Å². The second kappa shape index (κ2) is 14.1. The molecule has 0 aromatic rings. The van der Waals surface area contributed by atoms with Crippen LogP contribution >= 0.6 is 0 Å². The minimum Gasteiger partial charge on any atom is -0.393 e. The van der Waals surface area contributed by atoms with Crippen molar-refractivity contribution in [3.8, 4) is 0 Å². The lowest BCUT2D eigenvalue weighted by atomic mass is 9.61. The number of carbonyl (C=O) groups excluding carboxylic acids is 1. The fraction of sp³-hybridized carbons (Fsp3) is 0.538. The second-order valence-corrected chi connectivity index (χ2v) is 14.6. The van der Waals surface area contributed by atoms with Gasteiger partial charge in [0.1, 0.15) is 5.60 Å². The van der Waals surface area contributed by atoms with Gasteiger partial charge in [-0.05, 0) is 75.5 Å². The average molecular weight is 603 g/mol. The van der Waals surface area contributed by atoms with Crippen LogP contribution < -0.4 is 0 Å². The lowest BCUT2D eigenvalue weighted by Crippen LogP contribution is -2.48. The number of hydrogen-bond donors (Lipinski definition) is 3. The maximum absolute atomic E-state index is 13.1. The smallest absolute Gasteiger partial charge is 0.161 e. The monoisotopic (exact) mass is 602 g/mol. The van der Waals surface area contributed by atoms with E-state index in [4.69, 9.17) is 4.74 Å². The molecule has 0 spiro atoms. The maximum atomic E-state index is 13.1. The summed E-state index contributed by atoms with van der Waals surface area (Å²) in [7, 11) is 0. The number of hydrogen-bond acceptors (Lipinski definition) is 5. The summed E-state index contributed by atoms with van der Waals surface area (Å²) < 4.78 is 6.18. The number of carbonyl (C=O) groups is 1. The minimum absolute atomic E-state index is 0.0869. The van der Waals surface area contributed by atoms with Gasteiger partial charge in [0.15, 0.2) is 5.78 Å². The first-order chi connectivity index (χ1) is 20.4. The van der Waals surface area contributed by atoms with Crippen molar-refractivity contribution in [2.75, 3.05) is 0 Å². The Bertz CT molecular complexity index is 1370. The van der Waals surface area contributed by atoms with Crippen LogP contribution in [0.4, 0.5) is 0 Å². The molecule has 0 bridgehead atoms. The van der Waals surface area contributed by atoms with E-state index in [2.05, 4.69) is 19.6 Å². The van der Waals surface area contributed by atoms with Crippen LogP contribution in [-0.4, -0.2) is 50.6 Å². The summed E-state index contributed by atoms with van der Waals surface area (Å²) in [6, 6.07) is 0. The predicted molar refractivity (Wildman–Crippen MR) is 180 cm³/mol. The highest BCUT2D eigenvalue weighted by Crippen LogP contribution is 2.67. The molecule has 3 aliphatic rings. The third kappa shape index (κ3) is 8.68. The number of ketones is 1. The van der Waals surface area contributed by atoms with Gasteiger partial charge in [0.05, 0.1) is 23.9 Å². The topological polar surface area (TPSA) is 90.3 Å². The van der Waals surface area contributed by atoms with E-state index in [1.165, 1.54) is 0 Å². The van der Waals surface area contributed by atoms with E-state index in [0.29, 0.717) is 37.7 Å². The summed E-state index contributed by atoms with van der Waals surface area (Å²) in [5.41, 5.74) is 6.58. The molecule has 44 heavy (non-hydrogen) atoms. The number of aliphatic hydroxyl groups is 3. The molecule has 1 aliphatic heterocycles. The number of aliphatic hydroxyl groups excluding tert-OH is 3. The Morgan fingerprint density at radius 1 is 0.795 bits per heavy atom. The summed E-state index contributed by atoms with van der Waals surface area (Å²) in [6.45, 7) is 18.2. The predicted octanol–water partition coefficient (Wildman–Crippen LogP) is 7.73. The van der Waals surface area contributed by atoms with Crippen molar-refractivity contribution < 1.29 is 24.9 Å². The van der Waals surface area contributed by atoms with Crippen molar-refractivity contribution in [2.45, 2.75) is 124 Å². The number of Topliss-reactive ketones (excluding diaryl/α,β-unsaturated/α-hetero) is 1. The number of allylic oxidation sites excluding steroid dienone is 14. The molecular formula is C39H54O5. The highest BCUT2D eigenvalue weighted by Gasteiger charge is 2.76. The molecule has 3 N–H and O–H groups in total. The fourth-order valence-electron chi connectivity index (χ4n) is 6.98. The molecule has 5 unspecified atom stereocenters. The highest BCUT2D eigenvalue weighted by atomic mass is 16.6. The van der Waals surface area contributed by atoms with Gasteiger partial charge < -0.3 is 20.1 Å². The molecule has 240 valence electrons. The number of fused-ring (bicyclic) bond motifs is 1. The van der Waals surface area contributed by atoms with Crippen LogP contribution in [0.2, 0.25) is 0 Å². The Labute approximate surface area is 265 Å². The van der Waals surface area contributed by atoms with E-state index in [0.717, 1.165) is 22.3 Å². The first-order valence-electron chi connectivity index (χ1n) is 15.9. The van der Waals surface area contributed by atoms with E-state index in [9.17, 15) is 20.1 Å². The maximum Gasteiger partial charge on any atom is 0.161 e. The molecule has 2 saturated carbocycles. The number of rotatable bonds is 10. The van der Waals surface area contributed by atoms with Gasteiger partial charge in [-0.2, -0.15) is 0 Å². The van der Waals surface area contributed by atoms with Crippen molar-refractivity contribution in [3.63, 3.8) is 0 Å². The zero-order chi connectivity index (χ0) is 32.9. The summed E-state index contributed by atoms with van der Waals surface area (Å²) in [4.78, 5) is 13.1. The van der Waals surface area contributed by atoms with Gasteiger partial charge in [-0.1, -0.05) is 99.6 Å². The summed E-state index contributed by atoms with van der Waals surface area (Å²) in [6.07, 6.45) is 22.8. The molecule has 5 nitrogen and oxygen atoms in total. The van der Waals surface area contributed by atoms with Gasteiger partial charge in [0, 0.05) is 24.8 Å². The van der Waals surface area contributed by atoms with Crippen LogP contribution in [0.1, 0.15) is 94.4 Å². The Hall–Kier alpha value is -2.79. The lowest BCUT2D eigenvalue weighted by Gasteiger charge is -2.40. The average Bonchev–Trinajstić information content (AvgIpc) is 3.49. The van der Waals surface area contributed by atoms with Gasteiger partial charge in [-0.15, -0.1) is 5.73 Å². The zero-order valence-corrected chi connectivity index (χ0v) is 28.3. The Kier molecular flexibility index (Phi) is 11.4. The molecule has 0 radical (unpaired) electrons. The number of epoxide rings is 1. The van der Waals surface area contributed by atoms with Crippen LogP contribution in [0, 0.1) is 10.8 Å². The molecular weight excluding hydrogens is 548 g/mol. The molecule has 3 fully saturated rings. The van der Waals surface area contributed by atoms with Crippen LogP contribution in [-0.2, 0) is 9.53 Å². The van der Waals surface area contributed by atoms with E-state index in [-0.39, 0.29) is 22.7 Å². The van der Waals surface area contributed by atoms with Crippen LogP contribution in [0.25, 0.3) is 0 Å². The van der Waals surface area contributed by atoms with Crippen LogP contribution in [0.3, 0.4) is 0 Å². The first-order valence-corrected chi connectivity index (χ1v) is 15.9. The fourth-order valence-corrected chi connectivity index (χ4v) is 6.98. The second-order valence-electron chi connectivity index (χ2n) is 14.6. The van der Waals surface area contributed by atoms with E-state index in [1.54, 1.807) is 0 Å². The Morgan fingerprint density at radius 2 is 1.36 bits per heavy atom. The largest absolute Gasteiger partial charge is 0.393 e. The normalized spacial score (nSPS) is 32.7. The van der Waals surface area contributed by atoms with Crippen molar-refractivity contribution in [1.82, 2.24) is 0 Å². The molecule has 1 heterocycles. The molecule has 0 aromatic carbocycles. The van der Waals surface area contributed by atoms with Crippen molar-refractivity contribution in [2.24, 2.45) is 10.8 Å². The molecule has 2 aliphatic carbocycles. The van der Waals surface area contributed by atoms with Gasteiger partial charge in [-0.3, -0.25) is 4.79 Å². The van der Waals surface area contributed by atoms with E-state index < -0.39 is 23.4 Å². The highest BCUT2D eigenvalue weighted by molar-refractivity contribution is 5.96. The molecule has 3 rings (SSSR count). The quantitative estimate of drug-likeness (QED) is 0.103. The van der Waals surface area contributed by atoms with Gasteiger partial charge in [-0.25, -0.2) is 0 Å². The number of ether oxygens (including phenoxy) is 1. The molecule has 5 atom stereocenters. The standard InChI is InChI=1S/C39H54O5/c1-27(16-12-17-29(3)20-21-33-34(42)22-31(40)23-36(33,5)6)14-10-11-15-28(2)18-13-19-30(4)35(43)26-39-37(7,8)24-32(41)25-38(39,9)44-39/h10-20,31-32,34,40-42H,22-26H2,1-9H3. The van der Waals surface area contributed by atoms with Crippen LogP contribution in [0.15, 0.2) is 100 Å². The minimum atomic E-state index is -0.658. The molecule has 0 amide bonds. The Morgan fingerprint density at radius 3 is 1.93 bits per heavy atom. The third-order valence-electron chi connectivity index (χ3n) is 9.54. The summed E-state index contributed by atoms with van der Waals surface area (Å²) >= 11 is 0. The summed E-state index contributed by atoms with van der Waals surface area (Å²) in [5.74, 6) is 0.0869. The zero-order valence-electron chi connectivity index (χ0n) is 28.3. The van der Waals surface area contributed by atoms with Gasteiger partial charge in [0.2, 0.25) is 0 Å². The molecule has 0 aromatic heterocycles. The van der Waals surface area contributed by atoms with Crippen molar-refractivity contribution in [1.29, 1.82) is 0 Å². The first kappa shape index (κ1) is 35.7. The van der Waals surface area contributed by atoms with Crippen LogP contribution in [0.5, 0.6) is 0 Å². The van der Waals surface area contributed by atoms with E-state index in [1.807, 2.05) is 115 Å². The SMILES string of the molecule is CC(C=C=C1C(O)CC(O)CC1(C)C)=CC=CC(C)=CC=CC=C(C)C=CC=C(C)C(=O)CC12OC1(C)CC(O)CC2(C)C.